The van der Waals surface area contributed by atoms with Crippen LogP contribution in [0.5, 0.6) is 11.5 Å². The van der Waals surface area contributed by atoms with Gasteiger partial charge in [0.25, 0.3) is 0 Å². The van der Waals surface area contributed by atoms with Gasteiger partial charge in [-0.15, -0.1) is 0 Å². The van der Waals surface area contributed by atoms with E-state index in [0.717, 1.165) is 31.5 Å². The number of benzene rings is 1. The Bertz CT molecular complexity index is 615. The van der Waals surface area contributed by atoms with Crippen LogP contribution in [0.3, 0.4) is 0 Å². The maximum Gasteiger partial charge on any atom is 0.387 e. The summed E-state index contributed by atoms with van der Waals surface area (Å²) in [5.74, 6) is 0.176. The molecule has 1 aromatic carbocycles. The second-order valence-corrected chi connectivity index (χ2v) is 6.33. The lowest BCUT2D eigenvalue weighted by Gasteiger charge is -2.21. The molecule has 2 N–H and O–H groups in total. The number of carbonyl (C=O) groups excluding carboxylic acids is 1. The topological polar surface area (TPSA) is 62.8 Å². The van der Waals surface area contributed by atoms with E-state index >= 15 is 0 Å². The molecule has 0 bridgehead atoms. The van der Waals surface area contributed by atoms with E-state index in [4.69, 9.17) is 4.74 Å². The third-order valence-electron chi connectivity index (χ3n) is 4.82. The van der Waals surface area contributed by atoms with Gasteiger partial charge >= 0.3 is 12.6 Å². The molecule has 2 atom stereocenters. The summed E-state index contributed by atoms with van der Waals surface area (Å²) in [6, 6.07) is 5.04. The zero-order valence-electron chi connectivity index (χ0n) is 14.1. The van der Waals surface area contributed by atoms with E-state index in [1.54, 1.807) is 12.1 Å². The molecule has 2 saturated heterocycles. The van der Waals surface area contributed by atoms with Crippen LogP contribution >= 0.6 is 0 Å². The molecule has 2 aliphatic rings. The standard InChI is InChI=1S/C17H23F2N3O3/c1-24-15-9-11(4-5-14(15)25-16(18)19)10-20-17(23)21-12-6-8-22-7-2-3-13(12)22/h4-5,9,12-13,16H,2-3,6-8,10H2,1H3,(H2,20,21,23). The Labute approximate surface area is 145 Å². The van der Waals surface area contributed by atoms with Crippen LogP contribution in [0.1, 0.15) is 24.8 Å². The normalized spacial score (nSPS) is 22.7. The molecule has 0 aliphatic carbocycles. The van der Waals surface area contributed by atoms with Crippen molar-refractivity contribution in [3.8, 4) is 11.5 Å². The smallest absolute Gasteiger partial charge is 0.387 e. The van der Waals surface area contributed by atoms with E-state index in [9.17, 15) is 13.6 Å². The Morgan fingerprint density at radius 1 is 1.32 bits per heavy atom. The Morgan fingerprint density at radius 2 is 2.16 bits per heavy atom. The van der Waals surface area contributed by atoms with Crippen LogP contribution < -0.4 is 20.1 Å². The summed E-state index contributed by atoms with van der Waals surface area (Å²) < 4.78 is 34.1. The highest BCUT2D eigenvalue weighted by Crippen LogP contribution is 2.30. The highest BCUT2D eigenvalue weighted by molar-refractivity contribution is 5.74. The van der Waals surface area contributed by atoms with Crippen molar-refractivity contribution in [1.29, 1.82) is 0 Å². The Hall–Kier alpha value is -2.09. The zero-order chi connectivity index (χ0) is 17.8. The number of methoxy groups -OCH3 is 1. The van der Waals surface area contributed by atoms with Crippen molar-refractivity contribution in [2.75, 3.05) is 20.2 Å². The number of halogens is 2. The molecule has 0 saturated carbocycles. The van der Waals surface area contributed by atoms with Crippen LogP contribution in [0.2, 0.25) is 0 Å². The number of nitrogens with zero attached hydrogens (tertiary/aromatic N) is 1. The fourth-order valence-corrected chi connectivity index (χ4v) is 3.67. The number of fused-ring (bicyclic) bond motifs is 1. The number of urea groups is 1. The van der Waals surface area contributed by atoms with Gasteiger partial charge < -0.3 is 20.1 Å². The lowest BCUT2D eigenvalue weighted by molar-refractivity contribution is -0.0512. The Balaban J connectivity index is 1.51. The molecular weight excluding hydrogens is 332 g/mol. The summed E-state index contributed by atoms with van der Waals surface area (Å²) in [5.41, 5.74) is 0.738. The molecule has 2 fully saturated rings. The molecule has 6 nitrogen and oxygen atoms in total. The first-order valence-corrected chi connectivity index (χ1v) is 8.47. The quantitative estimate of drug-likeness (QED) is 0.822. The number of alkyl halides is 2. The van der Waals surface area contributed by atoms with Gasteiger partial charge in [0.15, 0.2) is 11.5 Å². The lowest BCUT2D eigenvalue weighted by atomic mass is 10.1. The monoisotopic (exact) mass is 355 g/mol. The van der Waals surface area contributed by atoms with Crippen LogP contribution in [-0.4, -0.2) is 49.8 Å². The summed E-state index contributed by atoms with van der Waals surface area (Å²) in [6.45, 7) is -0.473. The average molecular weight is 355 g/mol. The zero-order valence-corrected chi connectivity index (χ0v) is 14.1. The molecular formula is C17H23F2N3O3. The molecule has 2 aliphatic heterocycles. The molecule has 0 aromatic heterocycles. The van der Waals surface area contributed by atoms with Crippen LogP contribution in [-0.2, 0) is 6.54 Å². The van der Waals surface area contributed by atoms with Gasteiger partial charge in [0, 0.05) is 25.2 Å². The maximum atomic E-state index is 12.3. The predicted octanol–water partition coefficient (Wildman–Crippen LogP) is 2.33. The van der Waals surface area contributed by atoms with Crippen molar-refractivity contribution in [2.45, 2.75) is 44.5 Å². The predicted molar refractivity (Wildman–Crippen MR) is 88.0 cm³/mol. The van der Waals surface area contributed by atoms with E-state index in [2.05, 4.69) is 20.3 Å². The van der Waals surface area contributed by atoms with Gasteiger partial charge in [0.05, 0.1) is 7.11 Å². The Kier molecular flexibility index (Phi) is 5.57. The molecule has 1 aromatic rings. The van der Waals surface area contributed by atoms with Gasteiger partial charge in [-0.25, -0.2) is 4.79 Å². The van der Waals surface area contributed by atoms with Crippen molar-refractivity contribution in [3.63, 3.8) is 0 Å². The first-order chi connectivity index (χ1) is 12.1. The van der Waals surface area contributed by atoms with Gasteiger partial charge in [-0.2, -0.15) is 8.78 Å². The van der Waals surface area contributed by atoms with Crippen LogP contribution in [0.15, 0.2) is 18.2 Å². The van der Waals surface area contributed by atoms with E-state index in [-0.39, 0.29) is 30.1 Å². The van der Waals surface area contributed by atoms with Gasteiger partial charge in [-0.05, 0) is 43.5 Å². The van der Waals surface area contributed by atoms with Crippen LogP contribution in [0.4, 0.5) is 13.6 Å². The van der Waals surface area contributed by atoms with Crippen LogP contribution in [0, 0.1) is 0 Å². The van der Waals surface area contributed by atoms with E-state index in [1.165, 1.54) is 19.6 Å². The molecule has 2 heterocycles. The van der Waals surface area contributed by atoms with Gasteiger partial charge in [0.1, 0.15) is 0 Å². The maximum absolute atomic E-state index is 12.3. The number of ether oxygens (including phenoxy) is 2. The van der Waals surface area contributed by atoms with Gasteiger partial charge in [-0.1, -0.05) is 6.07 Å². The molecule has 3 rings (SSSR count). The fraction of sp³-hybridized carbons (Fsp3) is 0.588. The highest BCUT2D eigenvalue weighted by atomic mass is 19.3. The first kappa shape index (κ1) is 17.7. The summed E-state index contributed by atoms with van der Waals surface area (Å²) in [5, 5.41) is 5.84. The second kappa shape index (κ2) is 7.86. The molecule has 2 unspecified atom stereocenters. The van der Waals surface area contributed by atoms with Crippen LogP contribution in [0.25, 0.3) is 0 Å². The highest BCUT2D eigenvalue weighted by Gasteiger charge is 2.37. The number of nitrogens with one attached hydrogen (secondary N) is 2. The lowest BCUT2D eigenvalue weighted by Crippen LogP contribution is -2.46. The Morgan fingerprint density at radius 3 is 2.92 bits per heavy atom. The summed E-state index contributed by atoms with van der Waals surface area (Å²) >= 11 is 0. The van der Waals surface area contributed by atoms with Crippen molar-refractivity contribution < 1.29 is 23.0 Å². The second-order valence-electron chi connectivity index (χ2n) is 6.33. The molecule has 138 valence electrons. The van der Waals surface area contributed by atoms with Crippen molar-refractivity contribution in [3.05, 3.63) is 23.8 Å². The number of hydrogen-bond donors (Lipinski definition) is 2. The minimum atomic E-state index is -2.91. The summed E-state index contributed by atoms with van der Waals surface area (Å²) in [4.78, 5) is 14.6. The molecule has 0 spiro atoms. The van der Waals surface area contributed by atoms with Crippen molar-refractivity contribution >= 4 is 6.03 Å². The largest absolute Gasteiger partial charge is 0.493 e. The molecule has 25 heavy (non-hydrogen) atoms. The third kappa shape index (κ3) is 4.31. The van der Waals surface area contributed by atoms with E-state index in [1.807, 2.05) is 0 Å². The molecule has 0 radical (unpaired) electrons. The average Bonchev–Trinajstić information content (AvgIpc) is 3.18. The number of rotatable bonds is 6. The molecule has 8 heteroatoms. The van der Waals surface area contributed by atoms with Gasteiger partial charge in [0.2, 0.25) is 0 Å². The number of carbonyl (C=O) groups is 1. The summed E-state index contributed by atoms with van der Waals surface area (Å²) in [6.07, 6.45) is 3.30. The van der Waals surface area contributed by atoms with Crippen molar-refractivity contribution in [2.24, 2.45) is 0 Å². The van der Waals surface area contributed by atoms with E-state index < -0.39 is 6.61 Å². The third-order valence-corrected chi connectivity index (χ3v) is 4.82. The minimum Gasteiger partial charge on any atom is -0.493 e. The van der Waals surface area contributed by atoms with Gasteiger partial charge in [-0.3, -0.25) is 4.90 Å². The van der Waals surface area contributed by atoms with E-state index in [0.29, 0.717) is 6.04 Å². The molecule has 2 amide bonds. The SMILES string of the molecule is COc1cc(CNC(=O)NC2CCN3CCCC23)ccc1OC(F)F. The fourth-order valence-electron chi connectivity index (χ4n) is 3.67. The number of hydrogen-bond acceptors (Lipinski definition) is 4. The minimum absolute atomic E-state index is 0.0296. The number of amides is 2. The van der Waals surface area contributed by atoms with Crippen molar-refractivity contribution in [1.82, 2.24) is 15.5 Å². The summed E-state index contributed by atoms with van der Waals surface area (Å²) in [7, 11) is 1.38. The first-order valence-electron chi connectivity index (χ1n) is 8.47.